The van der Waals surface area contributed by atoms with Gasteiger partial charge in [-0.2, -0.15) is 0 Å². The van der Waals surface area contributed by atoms with Gasteiger partial charge in [-0.3, -0.25) is 24.0 Å². The lowest BCUT2D eigenvalue weighted by Gasteiger charge is -2.40. The zero-order valence-corrected chi connectivity index (χ0v) is 48.4. The summed E-state index contributed by atoms with van der Waals surface area (Å²) in [7, 11) is 0. The van der Waals surface area contributed by atoms with Crippen LogP contribution >= 0.6 is 0 Å². The van der Waals surface area contributed by atoms with Crippen LogP contribution in [0.25, 0.3) is 22.5 Å². The highest BCUT2D eigenvalue weighted by atomic mass is 16.2. The Morgan fingerprint density at radius 3 is 1.19 bits per heavy atom. The van der Waals surface area contributed by atoms with Gasteiger partial charge in [-0.1, -0.05) is 199 Å². The minimum atomic E-state index is -0.426. The summed E-state index contributed by atoms with van der Waals surface area (Å²) in [4.78, 5) is 72.4. The molecule has 3 N–H and O–H groups in total. The topological polar surface area (TPSA) is 166 Å². The van der Waals surface area contributed by atoms with Crippen LogP contribution in [0, 0.1) is 10.8 Å². The number of ketones is 2. The van der Waals surface area contributed by atoms with Gasteiger partial charge in [0.15, 0.2) is 12.1 Å². The second kappa shape index (κ2) is 30.3. The zero-order chi connectivity index (χ0) is 58.4. The highest BCUT2D eigenvalue weighted by Gasteiger charge is 2.40. The molecule has 81 heavy (non-hydrogen) atoms. The van der Waals surface area contributed by atoms with Crippen molar-refractivity contribution in [3.05, 3.63) is 228 Å². The molecule has 422 valence electrons. The number of amides is 2. The first-order chi connectivity index (χ1) is 38.9. The third kappa shape index (κ3) is 18.3. The number of aromatic nitrogens is 4. The van der Waals surface area contributed by atoms with Gasteiger partial charge in [0.2, 0.25) is 0 Å². The number of imidazole rings is 2. The Bertz CT molecular complexity index is 3210. The number of Topliss-reactive ketones (excluding diaryl/α,β-unsaturated/α-hetero) is 2. The van der Waals surface area contributed by atoms with E-state index in [1.165, 1.54) is 18.1 Å². The molecule has 0 radical (unpaired) electrons. The molecule has 0 fully saturated rings. The Hall–Kier alpha value is -8.39. The SMILES string of the molecule is CC(=O)C=O.CC(=O)CNCCCN(C(=O)c1ccccc1)[C@@H](c1nc(-c2ccccc2)cn1Cc1ccccc1)C(C)(C)C.CC(C)(C)[C@H](c1nc(-c2ccccc2)cn1Cc1ccccc1)N(CCCN)C(=O)c1ccccc1. The van der Waals surface area contributed by atoms with E-state index in [0.717, 1.165) is 40.6 Å². The lowest BCUT2D eigenvalue weighted by molar-refractivity contribution is -0.128. The van der Waals surface area contributed by atoms with Crippen molar-refractivity contribution in [2.45, 2.75) is 93.4 Å². The maximum absolute atomic E-state index is 14.1. The first kappa shape index (κ1) is 61.8. The van der Waals surface area contributed by atoms with Crippen LogP contribution in [-0.2, 0) is 27.5 Å². The number of carbonyl (C=O) groups is 5. The number of benzene rings is 6. The largest absolute Gasteiger partial charge is 0.330 e. The average molecular weight is 1090 g/mol. The summed E-state index contributed by atoms with van der Waals surface area (Å²) < 4.78 is 4.41. The van der Waals surface area contributed by atoms with Gasteiger partial charge in [0, 0.05) is 67.8 Å². The molecule has 0 spiro atoms. The Labute approximate surface area is 479 Å². The Morgan fingerprint density at radius 2 is 0.864 bits per heavy atom. The van der Waals surface area contributed by atoms with Crippen molar-refractivity contribution in [3.63, 3.8) is 0 Å². The molecule has 13 nitrogen and oxygen atoms in total. The van der Waals surface area contributed by atoms with Crippen LogP contribution in [-0.4, -0.2) is 91.3 Å². The van der Waals surface area contributed by atoms with Gasteiger partial charge in [0.1, 0.15) is 17.4 Å². The summed E-state index contributed by atoms with van der Waals surface area (Å²) in [6.07, 6.45) is 5.93. The molecule has 0 saturated carbocycles. The van der Waals surface area contributed by atoms with E-state index in [1.54, 1.807) is 6.92 Å². The summed E-state index contributed by atoms with van der Waals surface area (Å²) in [5.74, 6) is 1.39. The van der Waals surface area contributed by atoms with Crippen LogP contribution in [0.3, 0.4) is 0 Å². The standard InChI is InChI=1S/C34H40N4O2.C31H36N4O.C3H4O2/c1-26(39)23-35-21-14-22-38(33(40)29-19-12-7-13-20-29)31(34(2,3)4)32-36-30(28-17-10-6-11-18-28)25-37(32)24-27-15-8-5-9-16-27;1-31(2,3)28(35(21-13-20-32)30(36)26-18-11-6-12-19-26)29-33-27(25-16-9-5-10-17-25)23-34(29)22-24-14-7-4-8-15-24;1-3(5)2-4/h5-13,15-20,25,31,35H,14,21-24H2,1-4H3;4-12,14-19,23,28H,13,20-22,32H2,1-3H3;2H,1H3/t31-;28-;/m00./s1. The van der Waals surface area contributed by atoms with E-state index in [2.05, 4.69) is 129 Å². The fourth-order valence-electron chi connectivity index (χ4n) is 9.68. The summed E-state index contributed by atoms with van der Waals surface area (Å²) in [5.41, 5.74) is 12.9. The summed E-state index contributed by atoms with van der Waals surface area (Å²) in [6, 6.07) is 59.5. The molecule has 0 saturated heterocycles. The minimum absolute atomic E-state index is 0.000466. The minimum Gasteiger partial charge on any atom is -0.330 e. The van der Waals surface area contributed by atoms with Crippen molar-refractivity contribution >= 4 is 29.7 Å². The molecule has 2 amide bonds. The highest BCUT2D eigenvalue weighted by molar-refractivity contribution is 6.23. The van der Waals surface area contributed by atoms with Crippen molar-refractivity contribution < 1.29 is 24.0 Å². The quantitative estimate of drug-likeness (QED) is 0.0382. The Morgan fingerprint density at radius 1 is 0.531 bits per heavy atom. The van der Waals surface area contributed by atoms with Crippen LogP contribution in [0.4, 0.5) is 0 Å². The normalized spacial score (nSPS) is 11.9. The van der Waals surface area contributed by atoms with E-state index in [9.17, 15) is 19.2 Å². The lowest BCUT2D eigenvalue weighted by Crippen LogP contribution is -2.43. The second-order valence-electron chi connectivity index (χ2n) is 22.3. The Kier molecular flexibility index (Phi) is 23.1. The summed E-state index contributed by atoms with van der Waals surface area (Å²) >= 11 is 0. The summed E-state index contributed by atoms with van der Waals surface area (Å²) in [5, 5.41) is 3.20. The zero-order valence-electron chi connectivity index (χ0n) is 48.4. The van der Waals surface area contributed by atoms with Crippen LogP contribution in [0.2, 0.25) is 0 Å². The smallest absolute Gasteiger partial charge is 0.254 e. The molecule has 0 aliphatic rings. The molecular formula is C68H80N8O5. The van der Waals surface area contributed by atoms with Crippen molar-refractivity contribution in [1.82, 2.24) is 34.2 Å². The second-order valence-corrected chi connectivity index (χ2v) is 22.3. The molecule has 6 aromatic carbocycles. The highest BCUT2D eigenvalue weighted by Crippen LogP contribution is 2.41. The monoisotopic (exact) mass is 1090 g/mol. The maximum atomic E-state index is 14.1. The number of nitrogens with two attached hydrogens (primary N) is 1. The molecule has 0 bridgehead atoms. The predicted molar refractivity (Wildman–Crippen MR) is 324 cm³/mol. The number of nitrogens with zero attached hydrogens (tertiary/aromatic N) is 6. The number of aldehydes is 1. The summed E-state index contributed by atoms with van der Waals surface area (Å²) in [6.45, 7) is 19.7. The van der Waals surface area contributed by atoms with Crippen molar-refractivity contribution in [3.8, 4) is 22.5 Å². The lowest BCUT2D eigenvalue weighted by atomic mass is 9.84. The van der Waals surface area contributed by atoms with Crippen LogP contribution < -0.4 is 11.1 Å². The molecular weight excluding hydrogens is 1010 g/mol. The van der Waals surface area contributed by atoms with Crippen molar-refractivity contribution in [2.75, 3.05) is 32.7 Å². The van der Waals surface area contributed by atoms with Gasteiger partial charge in [0.25, 0.3) is 11.8 Å². The van der Waals surface area contributed by atoms with E-state index in [4.69, 9.17) is 20.5 Å². The van der Waals surface area contributed by atoms with Gasteiger partial charge in [0.05, 0.1) is 30.0 Å². The predicted octanol–water partition coefficient (Wildman–Crippen LogP) is 12.3. The number of carbonyl (C=O) groups excluding carboxylic acids is 5. The first-order valence-corrected chi connectivity index (χ1v) is 27.8. The van der Waals surface area contributed by atoms with Gasteiger partial charge in [-0.25, -0.2) is 9.97 Å². The van der Waals surface area contributed by atoms with Gasteiger partial charge < -0.3 is 30.0 Å². The van der Waals surface area contributed by atoms with Crippen LogP contribution in [0.5, 0.6) is 0 Å². The molecule has 8 aromatic rings. The average Bonchev–Trinajstić information content (AvgIpc) is 4.16. The van der Waals surface area contributed by atoms with Gasteiger partial charge in [-0.05, 0) is 79.1 Å². The maximum Gasteiger partial charge on any atom is 0.254 e. The molecule has 0 aliphatic heterocycles. The molecule has 2 aromatic heterocycles. The third-order valence-electron chi connectivity index (χ3n) is 13.4. The van der Waals surface area contributed by atoms with Gasteiger partial charge in [-0.15, -0.1) is 0 Å². The van der Waals surface area contributed by atoms with Crippen molar-refractivity contribution in [1.29, 1.82) is 0 Å². The molecule has 2 heterocycles. The molecule has 8 rings (SSSR count). The van der Waals surface area contributed by atoms with E-state index < -0.39 is 5.78 Å². The fraction of sp³-hybridized carbons (Fsp3) is 0.309. The van der Waals surface area contributed by atoms with Crippen molar-refractivity contribution in [2.24, 2.45) is 16.6 Å². The van der Waals surface area contributed by atoms with Gasteiger partial charge >= 0.3 is 0 Å². The fourth-order valence-corrected chi connectivity index (χ4v) is 9.68. The van der Waals surface area contributed by atoms with E-state index in [1.807, 2.05) is 131 Å². The number of hydrogen-bond acceptors (Lipinski definition) is 9. The van der Waals surface area contributed by atoms with E-state index >= 15 is 0 Å². The Balaban J connectivity index is 0.000000242. The third-order valence-corrected chi connectivity index (χ3v) is 13.4. The number of nitrogens with one attached hydrogen (secondary N) is 1. The number of rotatable bonds is 22. The van der Waals surface area contributed by atoms with E-state index in [0.29, 0.717) is 63.4 Å². The first-order valence-electron chi connectivity index (χ1n) is 27.8. The van der Waals surface area contributed by atoms with Crippen LogP contribution in [0.1, 0.15) is 124 Å². The van der Waals surface area contributed by atoms with E-state index in [-0.39, 0.29) is 46.8 Å². The molecule has 13 heteroatoms. The van der Waals surface area contributed by atoms with Crippen LogP contribution in [0.15, 0.2) is 194 Å². The molecule has 0 unspecified atom stereocenters. The number of hydrogen-bond donors (Lipinski definition) is 2. The molecule has 0 aliphatic carbocycles. The molecule has 2 atom stereocenters.